The predicted octanol–water partition coefficient (Wildman–Crippen LogP) is 1.00. The zero-order valence-electron chi connectivity index (χ0n) is 8.22. The average Bonchev–Trinajstić information content (AvgIpc) is 1.98. The Hall–Kier alpha value is -0.350. The van der Waals surface area contributed by atoms with Crippen molar-refractivity contribution in [2.45, 2.75) is 33.7 Å². The Labute approximate surface area is 80.1 Å². The topological polar surface area (TPSA) is 50.1 Å². The molecule has 2 atom stereocenters. The summed E-state index contributed by atoms with van der Waals surface area (Å²) in [6.07, 6.45) is 0. The molecule has 0 aliphatic rings. The Bertz CT molecular complexity index is 147. The van der Waals surface area contributed by atoms with E-state index in [1.54, 1.807) is 0 Å². The van der Waals surface area contributed by atoms with Crippen molar-refractivity contribution in [1.82, 2.24) is 10.9 Å². The van der Waals surface area contributed by atoms with Crippen LogP contribution in [0.4, 0.5) is 0 Å². The van der Waals surface area contributed by atoms with Crippen LogP contribution in [0.15, 0.2) is 0 Å². The van der Waals surface area contributed by atoms with Crippen molar-refractivity contribution < 1.29 is 0 Å². The Morgan fingerprint density at radius 2 is 1.75 bits per heavy atom. The van der Waals surface area contributed by atoms with Gasteiger partial charge in [0, 0.05) is 6.04 Å². The first-order valence-electron chi connectivity index (χ1n) is 4.26. The highest BCUT2D eigenvalue weighted by molar-refractivity contribution is 7.80. The second-order valence-electron chi connectivity index (χ2n) is 3.53. The maximum atomic E-state index is 5.27. The molecule has 12 heavy (non-hydrogen) atoms. The van der Waals surface area contributed by atoms with Crippen LogP contribution >= 0.6 is 12.2 Å². The molecule has 0 aromatic rings. The SMILES string of the molecule is CC(C)C(C)C(C)NNC(N)=S. The molecule has 0 bridgehead atoms. The van der Waals surface area contributed by atoms with E-state index in [-0.39, 0.29) is 5.11 Å². The van der Waals surface area contributed by atoms with Crippen LogP contribution in [0, 0.1) is 11.8 Å². The Balaban J connectivity index is 3.71. The summed E-state index contributed by atoms with van der Waals surface area (Å²) in [4.78, 5) is 0. The molecule has 4 heteroatoms. The summed E-state index contributed by atoms with van der Waals surface area (Å²) in [5.74, 6) is 1.24. The van der Waals surface area contributed by atoms with Crippen molar-refractivity contribution in [1.29, 1.82) is 0 Å². The lowest BCUT2D eigenvalue weighted by Crippen LogP contribution is -2.48. The number of hydrogen-bond acceptors (Lipinski definition) is 2. The van der Waals surface area contributed by atoms with Gasteiger partial charge in [0.2, 0.25) is 0 Å². The minimum Gasteiger partial charge on any atom is -0.375 e. The van der Waals surface area contributed by atoms with E-state index in [1.807, 2.05) is 0 Å². The van der Waals surface area contributed by atoms with Crippen LogP contribution in [-0.2, 0) is 0 Å². The average molecular weight is 189 g/mol. The number of nitrogens with one attached hydrogen (secondary N) is 2. The number of thiocarbonyl (C=S) groups is 1. The zero-order valence-corrected chi connectivity index (χ0v) is 9.03. The van der Waals surface area contributed by atoms with Gasteiger partial charge >= 0.3 is 0 Å². The van der Waals surface area contributed by atoms with Crippen molar-refractivity contribution in [3.05, 3.63) is 0 Å². The van der Waals surface area contributed by atoms with Gasteiger partial charge < -0.3 is 5.73 Å². The molecule has 0 aromatic heterocycles. The van der Waals surface area contributed by atoms with Crippen molar-refractivity contribution in [3.63, 3.8) is 0 Å². The van der Waals surface area contributed by atoms with Crippen LogP contribution in [0.1, 0.15) is 27.7 Å². The van der Waals surface area contributed by atoms with E-state index in [0.29, 0.717) is 17.9 Å². The van der Waals surface area contributed by atoms with Gasteiger partial charge in [-0.3, -0.25) is 5.43 Å². The molecule has 4 N–H and O–H groups in total. The van der Waals surface area contributed by atoms with E-state index in [4.69, 9.17) is 5.73 Å². The standard InChI is InChI=1S/C8H19N3S/c1-5(2)6(3)7(4)10-11-8(9)12/h5-7,10H,1-4H3,(H3,9,11,12). The van der Waals surface area contributed by atoms with Gasteiger partial charge in [-0.25, -0.2) is 5.43 Å². The molecule has 72 valence electrons. The summed E-state index contributed by atoms with van der Waals surface area (Å²) in [7, 11) is 0. The molecule has 3 nitrogen and oxygen atoms in total. The van der Waals surface area contributed by atoms with Crippen molar-refractivity contribution >= 4 is 17.3 Å². The second kappa shape index (κ2) is 5.32. The summed E-state index contributed by atoms with van der Waals surface area (Å²) in [5.41, 5.74) is 11.1. The molecule has 0 aliphatic heterocycles. The van der Waals surface area contributed by atoms with Crippen molar-refractivity contribution in [2.75, 3.05) is 0 Å². The Morgan fingerprint density at radius 3 is 2.08 bits per heavy atom. The van der Waals surface area contributed by atoms with Gasteiger partial charge in [-0.2, -0.15) is 0 Å². The first kappa shape index (κ1) is 11.6. The van der Waals surface area contributed by atoms with Crippen LogP contribution in [0.5, 0.6) is 0 Å². The molecule has 0 saturated heterocycles. The van der Waals surface area contributed by atoms with Crippen LogP contribution in [0.25, 0.3) is 0 Å². The lowest BCUT2D eigenvalue weighted by Gasteiger charge is -2.24. The molecular weight excluding hydrogens is 170 g/mol. The lowest BCUT2D eigenvalue weighted by molar-refractivity contribution is 0.306. The summed E-state index contributed by atoms with van der Waals surface area (Å²) in [6, 6.07) is 0.367. The van der Waals surface area contributed by atoms with E-state index in [9.17, 15) is 0 Å². The predicted molar refractivity (Wildman–Crippen MR) is 56.5 cm³/mol. The fraction of sp³-hybridized carbons (Fsp3) is 0.875. The van der Waals surface area contributed by atoms with E-state index in [0.717, 1.165) is 0 Å². The molecule has 0 saturated carbocycles. The van der Waals surface area contributed by atoms with Crippen molar-refractivity contribution in [3.8, 4) is 0 Å². The second-order valence-corrected chi connectivity index (χ2v) is 3.97. The molecule has 0 spiro atoms. The van der Waals surface area contributed by atoms with Gasteiger partial charge in [-0.1, -0.05) is 20.8 Å². The molecule has 2 unspecified atom stereocenters. The van der Waals surface area contributed by atoms with Gasteiger partial charge in [-0.15, -0.1) is 0 Å². The number of hydrogen-bond donors (Lipinski definition) is 3. The quantitative estimate of drug-likeness (QED) is 0.456. The smallest absolute Gasteiger partial charge is 0.178 e. The van der Waals surface area contributed by atoms with E-state index in [1.165, 1.54) is 0 Å². The fourth-order valence-electron chi connectivity index (χ4n) is 0.894. The monoisotopic (exact) mass is 189 g/mol. The Kier molecular flexibility index (Phi) is 5.17. The largest absolute Gasteiger partial charge is 0.375 e. The fourth-order valence-corrected chi connectivity index (χ4v) is 0.953. The molecule has 0 radical (unpaired) electrons. The van der Waals surface area contributed by atoms with Gasteiger partial charge in [0.25, 0.3) is 0 Å². The van der Waals surface area contributed by atoms with E-state index in [2.05, 4.69) is 50.8 Å². The molecule has 0 heterocycles. The van der Waals surface area contributed by atoms with Crippen LogP contribution in [0.3, 0.4) is 0 Å². The van der Waals surface area contributed by atoms with Gasteiger partial charge in [-0.05, 0) is 31.0 Å². The third-order valence-electron chi connectivity index (χ3n) is 2.26. The summed E-state index contributed by atoms with van der Waals surface area (Å²) in [5, 5.41) is 0.290. The number of rotatable bonds is 4. The molecule has 0 aliphatic carbocycles. The third kappa shape index (κ3) is 4.51. The Morgan fingerprint density at radius 1 is 1.25 bits per heavy atom. The third-order valence-corrected chi connectivity index (χ3v) is 2.37. The highest BCUT2D eigenvalue weighted by atomic mass is 32.1. The summed E-state index contributed by atoms with van der Waals surface area (Å²) >= 11 is 4.67. The zero-order chi connectivity index (χ0) is 9.72. The van der Waals surface area contributed by atoms with Crippen molar-refractivity contribution in [2.24, 2.45) is 17.6 Å². The van der Waals surface area contributed by atoms with E-state index >= 15 is 0 Å². The first-order valence-corrected chi connectivity index (χ1v) is 4.67. The highest BCUT2D eigenvalue weighted by Gasteiger charge is 2.14. The summed E-state index contributed by atoms with van der Waals surface area (Å²) in [6.45, 7) is 8.70. The van der Waals surface area contributed by atoms with Gasteiger partial charge in [0.1, 0.15) is 0 Å². The van der Waals surface area contributed by atoms with Crippen LogP contribution in [-0.4, -0.2) is 11.2 Å². The minimum absolute atomic E-state index is 0.290. The van der Waals surface area contributed by atoms with E-state index < -0.39 is 0 Å². The molecule has 0 amide bonds. The summed E-state index contributed by atoms with van der Waals surface area (Å²) < 4.78 is 0. The lowest BCUT2D eigenvalue weighted by atomic mass is 9.92. The molecular formula is C8H19N3S. The number of nitrogens with two attached hydrogens (primary N) is 1. The van der Waals surface area contributed by atoms with Crippen LogP contribution < -0.4 is 16.6 Å². The molecule has 0 rings (SSSR count). The minimum atomic E-state index is 0.290. The van der Waals surface area contributed by atoms with Gasteiger partial charge in [0.05, 0.1) is 0 Å². The highest BCUT2D eigenvalue weighted by Crippen LogP contribution is 2.13. The van der Waals surface area contributed by atoms with Crippen LogP contribution in [0.2, 0.25) is 0 Å². The van der Waals surface area contributed by atoms with Gasteiger partial charge in [0.15, 0.2) is 5.11 Å². The molecule has 0 fully saturated rings. The normalized spacial score (nSPS) is 15.8. The molecule has 0 aromatic carbocycles. The number of hydrazine groups is 1. The maximum Gasteiger partial charge on any atom is 0.178 e. The first-order chi connectivity index (χ1) is 5.45. The maximum absolute atomic E-state index is 5.27.